The standard InChI is InChI=1S/C10H17N3O/c1-2-8(5-6-11)13-10(14)9-4-3-7-12-9/h8-9,12H,2-5,7H2,1H3,(H,13,14)/t8?,9-/m1/s1. The van der Waals surface area contributed by atoms with Crippen molar-refractivity contribution in [1.29, 1.82) is 5.26 Å². The Morgan fingerprint density at radius 2 is 2.57 bits per heavy atom. The number of nitriles is 1. The molecule has 14 heavy (non-hydrogen) atoms. The van der Waals surface area contributed by atoms with E-state index in [0.717, 1.165) is 25.8 Å². The molecule has 0 bridgehead atoms. The molecule has 1 saturated heterocycles. The molecule has 1 fully saturated rings. The van der Waals surface area contributed by atoms with Gasteiger partial charge in [-0.25, -0.2) is 0 Å². The smallest absolute Gasteiger partial charge is 0.237 e. The SMILES string of the molecule is CCC(CC#N)NC(=O)[C@H]1CCCN1. The van der Waals surface area contributed by atoms with Crippen LogP contribution in [0.2, 0.25) is 0 Å². The summed E-state index contributed by atoms with van der Waals surface area (Å²) < 4.78 is 0. The third kappa shape index (κ3) is 3.00. The van der Waals surface area contributed by atoms with Crippen LogP contribution in [0.15, 0.2) is 0 Å². The zero-order valence-electron chi connectivity index (χ0n) is 8.55. The summed E-state index contributed by atoms with van der Waals surface area (Å²) in [6.45, 7) is 2.90. The Kier molecular flexibility index (Phi) is 4.41. The van der Waals surface area contributed by atoms with Gasteiger partial charge < -0.3 is 10.6 Å². The highest BCUT2D eigenvalue weighted by Gasteiger charge is 2.23. The third-order valence-electron chi connectivity index (χ3n) is 2.55. The highest BCUT2D eigenvalue weighted by Crippen LogP contribution is 2.06. The summed E-state index contributed by atoms with van der Waals surface area (Å²) in [5.74, 6) is 0.0459. The quantitative estimate of drug-likeness (QED) is 0.688. The molecule has 1 amide bonds. The van der Waals surface area contributed by atoms with E-state index in [-0.39, 0.29) is 18.0 Å². The Labute approximate surface area is 84.7 Å². The number of hydrogen-bond donors (Lipinski definition) is 2. The molecule has 0 saturated carbocycles. The molecule has 0 aromatic rings. The van der Waals surface area contributed by atoms with Gasteiger partial charge in [-0.15, -0.1) is 0 Å². The van der Waals surface area contributed by atoms with Gasteiger partial charge in [-0.2, -0.15) is 5.26 Å². The van der Waals surface area contributed by atoms with Crippen LogP contribution < -0.4 is 10.6 Å². The molecule has 1 rings (SSSR count). The van der Waals surface area contributed by atoms with E-state index in [0.29, 0.717) is 6.42 Å². The molecule has 0 radical (unpaired) electrons. The molecule has 0 spiro atoms. The first-order valence-electron chi connectivity index (χ1n) is 5.18. The molecule has 1 unspecified atom stereocenters. The van der Waals surface area contributed by atoms with Crippen LogP contribution in [0.1, 0.15) is 32.6 Å². The van der Waals surface area contributed by atoms with E-state index < -0.39 is 0 Å². The Bertz CT molecular complexity index is 228. The van der Waals surface area contributed by atoms with Gasteiger partial charge in [0.25, 0.3) is 0 Å². The van der Waals surface area contributed by atoms with Gasteiger partial charge in [0.15, 0.2) is 0 Å². The molecule has 0 aliphatic carbocycles. The van der Waals surface area contributed by atoms with Gasteiger partial charge in [0, 0.05) is 6.04 Å². The molecule has 2 N–H and O–H groups in total. The van der Waals surface area contributed by atoms with Crippen molar-refractivity contribution in [3.8, 4) is 6.07 Å². The minimum atomic E-state index is -0.0391. The fourth-order valence-corrected chi connectivity index (χ4v) is 1.62. The lowest BCUT2D eigenvalue weighted by Crippen LogP contribution is -2.44. The molecule has 1 aliphatic rings. The van der Waals surface area contributed by atoms with Crippen molar-refractivity contribution < 1.29 is 4.79 Å². The number of rotatable bonds is 4. The van der Waals surface area contributed by atoms with Crippen LogP contribution in [0.25, 0.3) is 0 Å². The Morgan fingerprint density at radius 3 is 3.07 bits per heavy atom. The first-order valence-corrected chi connectivity index (χ1v) is 5.18. The minimum absolute atomic E-state index is 0.00917. The predicted molar refractivity (Wildman–Crippen MR) is 53.5 cm³/mol. The van der Waals surface area contributed by atoms with Crippen LogP contribution in [0.3, 0.4) is 0 Å². The lowest BCUT2D eigenvalue weighted by molar-refractivity contribution is -0.123. The van der Waals surface area contributed by atoms with Gasteiger partial charge in [-0.05, 0) is 25.8 Å². The van der Waals surface area contributed by atoms with E-state index in [1.54, 1.807) is 0 Å². The van der Waals surface area contributed by atoms with Crippen molar-refractivity contribution >= 4 is 5.91 Å². The lowest BCUT2D eigenvalue weighted by atomic mass is 10.1. The highest BCUT2D eigenvalue weighted by atomic mass is 16.2. The second-order valence-corrected chi connectivity index (χ2v) is 3.62. The summed E-state index contributed by atoms with van der Waals surface area (Å²) in [5.41, 5.74) is 0. The monoisotopic (exact) mass is 195 g/mol. The number of hydrogen-bond acceptors (Lipinski definition) is 3. The summed E-state index contributed by atoms with van der Waals surface area (Å²) in [6, 6.07) is 2.05. The summed E-state index contributed by atoms with van der Waals surface area (Å²) >= 11 is 0. The maximum atomic E-state index is 11.6. The fourth-order valence-electron chi connectivity index (χ4n) is 1.62. The van der Waals surface area contributed by atoms with Gasteiger partial charge in [-0.3, -0.25) is 4.79 Å². The number of nitrogens with zero attached hydrogens (tertiary/aromatic N) is 1. The Morgan fingerprint density at radius 1 is 1.79 bits per heavy atom. The molecule has 1 heterocycles. The van der Waals surface area contributed by atoms with E-state index in [4.69, 9.17) is 5.26 Å². The highest BCUT2D eigenvalue weighted by molar-refractivity contribution is 5.82. The molecule has 0 aromatic heterocycles. The third-order valence-corrected chi connectivity index (χ3v) is 2.55. The van der Waals surface area contributed by atoms with Gasteiger partial charge >= 0.3 is 0 Å². The second-order valence-electron chi connectivity index (χ2n) is 3.62. The molecule has 1 aliphatic heterocycles. The maximum Gasteiger partial charge on any atom is 0.237 e. The molecule has 2 atom stereocenters. The molecule has 4 nitrogen and oxygen atoms in total. The molecule has 0 aromatic carbocycles. The summed E-state index contributed by atoms with van der Waals surface area (Å²) in [4.78, 5) is 11.6. The van der Waals surface area contributed by atoms with Gasteiger partial charge in [0.05, 0.1) is 18.5 Å². The average molecular weight is 195 g/mol. The molecule has 4 heteroatoms. The summed E-state index contributed by atoms with van der Waals surface area (Å²) in [6.07, 6.45) is 3.18. The first kappa shape index (κ1) is 11.0. The normalized spacial score (nSPS) is 22.7. The van der Waals surface area contributed by atoms with Crippen LogP contribution in [0, 0.1) is 11.3 Å². The zero-order chi connectivity index (χ0) is 10.4. The van der Waals surface area contributed by atoms with E-state index >= 15 is 0 Å². The second kappa shape index (κ2) is 5.61. The van der Waals surface area contributed by atoms with Crippen molar-refractivity contribution in [3.05, 3.63) is 0 Å². The van der Waals surface area contributed by atoms with Crippen LogP contribution in [0.5, 0.6) is 0 Å². The van der Waals surface area contributed by atoms with Gasteiger partial charge in [0.2, 0.25) is 5.91 Å². The van der Waals surface area contributed by atoms with E-state index in [1.807, 2.05) is 6.92 Å². The average Bonchev–Trinajstić information content (AvgIpc) is 2.69. The topological polar surface area (TPSA) is 64.9 Å². The van der Waals surface area contributed by atoms with Crippen molar-refractivity contribution in [3.63, 3.8) is 0 Å². The van der Waals surface area contributed by atoms with Crippen LogP contribution >= 0.6 is 0 Å². The number of carbonyl (C=O) groups excluding carboxylic acids is 1. The molecule has 78 valence electrons. The van der Waals surface area contributed by atoms with Crippen molar-refractivity contribution in [1.82, 2.24) is 10.6 Å². The predicted octanol–water partition coefficient (Wildman–Crippen LogP) is 0.547. The minimum Gasteiger partial charge on any atom is -0.351 e. The van der Waals surface area contributed by atoms with Crippen molar-refractivity contribution in [2.24, 2.45) is 0 Å². The van der Waals surface area contributed by atoms with Crippen LogP contribution in [-0.2, 0) is 4.79 Å². The van der Waals surface area contributed by atoms with Crippen LogP contribution in [-0.4, -0.2) is 24.5 Å². The Balaban J connectivity index is 2.34. The number of amides is 1. The van der Waals surface area contributed by atoms with E-state index in [2.05, 4.69) is 16.7 Å². The fraction of sp³-hybridized carbons (Fsp3) is 0.800. The van der Waals surface area contributed by atoms with Crippen LogP contribution in [0.4, 0.5) is 0 Å². The maximum absolute atomic E-state index is 11.6. The summed E-state index contributed by atoms with van der Waals surface area (Å²) in [7, 11) is 0. The van der Waals surface area contributed by atoms with E-state index in [1.165, 1.54) is 0 Å². The summed E-state index contributed by atoms with van der Waals surface area (Å²) in [5, 5.41) is 14.5. The first-order chi connectivity index (χ1) is 6.77. The Hall–Kier alpha value is -1.08. The number of carbonyl (C=O) groups is 1. The lowest BCUT2D eigenvalue weighted by Gasteiger charge is -2.16. The zero-order valence-corrected chi connectivity index (χ0v) is 8.55. The van der Waals surface area contributed by atoms with E-state index in [9.17, 15) is 4.79 Å². The van der Waals surface area contributed by atoms with Gasteiger partial charge in [0.1, 0.15) is 0 Å². The van der Waals surface area contributed by atoms with Crippen molar-refractivity contribution in [2.45, 2.75) is 44.7 Å². The largest absolute Gasteiger partial charge is 0.351 e. The number of nitrogens with one attached hydrogen (secondary N) is 2. The molecular weight excluding hydrogens is 178 g/mol. The molecular formula is C10H17N3O. The van der Waals surface area contributed by atoms with Gasteiger partial charge in [-0.1, -0.05) is 6.92 Å². The van der Waals surface area contributed by atoms with Crippen molar-refractivity contribution in [2.75, 3.05) is 6.54 Å².